The van der Waals surface area contributed by atoms with E-state index in [9.17, 15) is 13.2 Å². The van der Waals surface area contributed by atoms with Crippen LogP contribution in [0.1, 0.15) is 12.8 Å². The second kappa shape index (κ2) is 5.99. The van der Waals surface area contributed by atoms with Crippen LogP contribution >= 0.6 is 15.9 Å². The third kappa shape index (κ3) is 2.51. The lowest BCUT2D eigenvalue weighted by atomic mass is 10.1. The molecule has 1 saturated carbocycles. The van der Waals surface area contributed by atoms with Gasteiger partial charge < -0.3 is 9.47 Å². The van der Waals surface area contributed by atoms with Crippen LogP contribution in [0.5, 0.6) is 5.75 Å². The molecule has 6 nitrogen and oxygen atoms in total. The van der Waals surface area contributed by atoms with E-state index in [0.29, 0.717) is 24.3 Å². The van der Waals surface area contributed by atoms with Crippen LogP contribution in [0.2, 0.25) is 0 Å². The van der Waals surface area contributed by atoms with Gasteiger partial charge in [-0.1, -0.05) is 34.1 Å². The maximum Gasteiger partial charge on any atom is 0.349 e. The Morgan fingerprint density at radius 1 is 1.23 bits per heavy atom. The number of nitrogens with zero attached hydrogens (tertiary/aromatic N) is 1. The number of benzene rings is 2. The van der Waals surface area contributed by atoms with Crippen LogP contribution < -0.4 is 9.04 Å². The van der Waals surface area contributed by atoms with E-state index in [1.54, 1.807) is 48.5 Å². The van der Waals surface area contributed by atoms with Gasteiger partial charge in [0, 0.05) is 4.47 Å². The molecular weight excluding hydrogens is 422 g/mol. The van der Waals surface area contributed by atoms with Crippen LogP contribution in [0.15, 0.2) is 57.9 Å². The minimum Gasteiger partial charge on any atom is -0.474 e. The van der Waals surface area contributed by atoms with Crippen molar-refractivity contribution in [2.24, 2.45) is 0 Å². The number of rotatable bonds is 3. The van der Waals surface area contributed by atoms with Crippen molar-refractivity contribution in [1.29, 1.82) is 0 Å². The molecular formula is C18H16BrNO5S. The molecule has 1 spiro atoms. The lowest BCUT2D eigenvalue weighted by Crippen LogP contribution is -2.57. The van der Waals surface area contributed by atoms with Crippen molar-refractivity contribution in [3.8, 4) is 5.75 Å². The van der Waals surface area contributed by atoms with E-state index in [0.717, 1.165) is 4.47 Å². The number of ether oxygens (including phenoxy) is 2. The molecule has 1 fully saturated rings. The molecule has 1 atom stereocenters. The Morgan fingerprint density at radius 2 is 1.92 bits per heavy atom. The summed E-state index contributed by atoms with van der Waals surface area (Å²) in [6, 6.07) is 13.3. The Labute approximate surface area is 159 Å². The monoisotopic (exact) mass is 437 g/mol. The van der Waals surface area contributed by atoms with Crippen LogP contribution in [0, 0.1) is 0 Å². The Balaban J connectivity index is 1.94. The number of sulfonamides is 1. The zero-order chi connectivity index (χ0) is 18.5. The minimum absolute atomic E-state index is 0.169. The van der Waals surface area contributed by atoms with Crippen LogP contribution in [0.25, 0.3) is 0 Å². The van der Waals surface area contributed by atoms with Gasteiger partial charge >= 0.3 is 5.97 Å². The SMILES string of the molecule is COC(=O)C1Oc2ccc(Br)cc2N(S(=O)(=O)c2ccccc2)C12CC2. The Hall–Kier alpha value is -2.06. The van der Waals surface area contributed by atoms with E-state index >= 15 is 0 Å². The summed E-state index contributed by atoms with van der Waals surface area (Å²) in [6.45, 7) is 0. The van der Waals surface area contributed by atoms with Gasteiger partial charge in [-0.15, -0.1) is 0 Å². The van der Waals surface area contributed by atoms with Crippen LogP contribution in [-0.2, 0) is 19.6 Å². The predicted molar refractivity (Wildman–Crippen MR) is 98.6 cm³/mol. The number of esters is 1. The fraction of sp³-hybridized carbons (Fsp3) is 0.278. The second-order valence-electron chi connectivity index (χ2n) is 6.32. The second-order valence-corrected chi connectivity index (χ2v) is 9.02. The first kappa shape index (κ1) is 17.4. The van der Waals surface area contributed by atoms with E-state index in [2.05, 4.69) is 15.9 Å². The van der Waals surface area contributed by atoms with Gasteiger partial charge in [0.25, 0.3) is 10.0 Å². The molecule has 2 aromatic carbocycles. The third-order valence-corrected chi connectivity index (χ3v) is 7.14. The molecule has 0 saturated heterocycles. The molecule has 0 amide bonds. The average Bonchev–Trinajstić information content (AvgIpc) is 3.41. The number of hydrogen-bond donors (Lipinski definition) is 0. The van der Waals surface area contributed by atoms with Crippen LogP contribution in [-0.4, -0.2) is 33.1 Å². The maximum absolute atomic E-state index is 13.5. The number of hydrogen-bond acceptors (Lipinski definition) is 5. The summed E-state index contributed by atoms with van der Waals surface area (Å²) in [4.78, 5) is 12.5. The Morgan fingerprint density at radius 3 is 2.54 bits per heavy atom. The van der Waals surface area contributed by atoms with Crippen LogP contribution in [0.3, 0.4) is 0 Å². The molecule has 1 aliphatic carbocycles. The molecule has 1 heterocycles. The normalized spacial score (nSPS) is 20.2. The zero-order valence-corrected chi connectivity index (χ0v) is 16.3. The zero-order valence-electron chi connectivity index (χ0n) is 13.9. The highest BCUT2D eigenvalue weighted by Crippen LogP contribution is 2.56. The molecule has 2 aliphatic rings. The molecule has 0 N–H and O–H groups in total. The molecule has 8 heteroatoms. The number of carbonyl (C=O) groups is 1. The van der Waals surface area contributed by atoms with Gasteiger partial charge in [0.15, 0.2) is 0 Å². The first-order valence-electron chi connectivity index (χ1n) is 8.05. The molecule has 0 aromatic heterocycles. The highest BCUT2D eigenvalue weighted by atomic mass is 79.9. The Kier molecular flexibility index (Phi) is 4.00. The number of anilines is 1. The van der Waals surface area contributed by atoms with Gasteiger partial charge in [0.2, 0.25) is 6.10 Å². The number of carbonyl (C=O) groups excluding carboxylic acids is 1. The molecule has 1 aliphatic heterocycles. The third-order valence-electron chi connectivity index (χ3n) is 4.74. The van der Waals surface area contributed by atoms with Crippen molar-refractivity contribution < 1.29 is 22.7 Å². The summed E-state index contributed by atoms with van der Waals surface area (Å²) < 4.78 is 39.8. The largest absolute Gasteiger partial charge is 0.474 e. The molecule has 26 heavy (non-hydrogen) atoms. The number of methoxy groups -OCH3 is 1. The van der Waals surface area contributed by atoms with E-state index in [4.69, 9.17) is 9.47 Å². The Bertz CT molecular complexity index is 972. The highest BCUT2D eigenvalue weighted by Gasteiger charge is 2.65. The van der Waals surface area contributed by atoms with Gasteiger partial charge in [0.05, 0.1) is 17.7 Å². The van der Waals surface area contributed by atoms with Crippen molar-refractivity contribution in [2.45, 2.75) is 29.4 Å². The van der Waals surface area contributed by atoms with Crippen LogP contribution in [0.4, 0.5) is 5.69 Å². The molecule has 0 radical (unpaired) electrons. The van der Waals surface area contributed by atoms with Crippen molar-refractivity contribution in [1.82, 2.24) is 0 Å². The van der Waals surface area contributed by atoms with Gasteiger partial charge in [0.1, 0.15) is 11.3 Å². The van der Waals surface area contributed by atoms with Crippen molar-refractivity contribution >= 4 is 37.6 Å². The minimum atomic E-state index is -3.89. The summed E-state index contributed by atoms with van der Waals surface area (Å²) in [5, 5.41) is 0. The molecule has 0 bridgehead atoms. The van der Waals surface area contributed by atoms with Crippen molar-refractivity contribution in [2.75, 3.05) is 11.4 Å². The topological polar surface area (TPSA) is 72.9 Å². The lowest BCUT2D eigenvalue weighted by molar-refractivity contribution is -0.150. The number of halogens is 1. The summed E-state index contributed by atoms with van der Waals surface area (Å²) >= 11 is 3.39. The van der Waals surface area contributed by atoms with Crippen molar-refractivity contribution in [3.05, 3.63) is 53.0 Å². The summed E-state index contributed by atoms with van der Waals surface area (Å²) in [5.41, 5.74) is -0.545. The summed E-state index contributed by atoms with van der Waals surface area (Å²) in [6.07, 6.45) is 0.0370. The van der Waals surface area contributed by atoms with Gasteiger partial charge in [-0.05, 0) is 43.2 Å². The fourth-order valence-corrected chi connectivity index (χ4v) is 5.59. The van der Waals surface area contributed by atoms with E-state index < -0.39 is 27.6 Å². The molecule has 136 valence electrons. The first-order valence-corrected chi connectivity index (χ1v) is 10.3. The highest BCUT2D eigenvalue weighted by molar-refractivity contribution is 9.10. The predicted octanol–water partition coefficient (Wildman–Crippen LogP) is 3.11. The summed E-state index contributed by atoms with van der Waals surface area (Å²) in [5.74, 6) is -0.245. The van der Waals surface area contributed by atoms with E-state index in [1.165, 1.54) is 11.4 Å². The van der Waals surface area contributed by atoms with Gasteiger partial charge in [-0.2, -0.15) is 0 Å². The average molecular weight is 438 g/mol. The molecule has 4 rings (SSSR count). The lowest BCUT2D eigenvalue weighted by Gasteiger charge is -2.42. The fourth-order valence-electron chi connectivity index (χ4n) is 3.37. The smallest absolute Gasteiger partial charge is 0.349 e. The maximum atomic E-state index is 13.5. The van der Waals surface area contributed by atoms with E-state index in [-0.39, 0.29) is 4.90 Å². The van der Waals surface area contributed by atoms with Gasteiger partial charge in [-0.25, -0.2) is 13.2 Å². The van der Waals surface area contributed by atoms with E-state index in [1.807, 2.05) is 0 Å². The quantitative estimate of drug-likeness (QED) is 0.689. The first-order chi connectivity index (χ1) is 12.4. The number of fused-ring (bicyclic) bond motifs is 1. The van der Waals surface area contributed by atoms with Crippen molar-refractivity contribution in [3.63, 3.8) is 0 Å². The standard InChI is InChI=1S/C18H16BrNO5S/c1-24-17(21)16-18(9-10-18)20(14-11-12(19)7-8-15(14)25-16)26(22,23)13-5-3-2-4-6-13/h2-8,11,16H,9-10H2,1H3. The molecule has 1 unspecified atom stereocenters. The summed E-state index contributed by atoms with van der Waals surface area (Å²) in [7, 11) is -2.61. The van der Waals surface area contributed by atoms with Gasteiger partial charge in [-0.3, -0.25) is 4.31 Å². The molecule has 2 aromatic rings.